The summed E-state index contributed by atoms with van der Waals surface area (Å²) in [5.41, 5.74) is 2.04. The number of carbonyl (C=O) groups is 2. The molecule has 2 fully saturated rings. The minimum absolute atomic E-state index is 0.0268. The molecule has 5 rings (SSSR count). The highest BCUT2D eigenvalue weighted by atomic mass is 16.6. The van der Waals surface area contributed by atoms with Crippen molar-refractivity contribution in [3.05, 3.63) is 41.6 Å². The number of rotatable bonds is 3. The van der Waals surface area contributed by atoms with Crippen molar-refractivity contribution in [2.24, 2.45) is 0 Å². The van der Waals surface area contributed by atoms with Gasteiger partial charge in [0.2, 0.25) is 0 Å². The van der Waals surface area contributed by atoms with Gasteiger partial charge < -0.3 is 24.2 Å². The summed E-state index contributed by atoms with van der Waals surface area (Å²) < 4.78 is 11.2. The fraction of sp³-hybridized carbons (Fsp3) is 0.556. The van der Waals surface area contributed by atoms with Gasteiger partial charge in [0.15, 0.2) is 0 Å². The summed E-state index contributed by atoms with van der Waals surface area (Å²) in [7, 11) is 2.06. The van der Waals surface area contributed by atoms with Crippen molar-refractivity contribution in [1.82, 2.24) is 24.7 Å². The number of hydrogen-bond donors (Lipinski definition) is 0. The number of aromatic nitrogens is 2. The number of ether oxygens (including phenoxy) is 2. The van der Waals surface area contributed by atoms with Gasteiger partial charge >= 0.3 is 6.09 Å². The van der Waals surface area contributed by atoms with Crippen LogP contribution < -0.4 is 4.90 Å². The summed E-state index contributed by atoms with van der Waals surface area (Å²) >= 11 is 0. The molecule has 4 heterocycles. The third kappa shape index (κ3) is 5.55. The van der Waals surface area contributed by atoms with E-state index in [1.54, 1.807) is 11.1 Å². The molecule has 1 aromatic carbocycles. The Bertz CT molecular complexity index is 1200. The van der Waals surface area contributed by atoms with Gasteiger partial charge in [-0.3, -0.25) is 14.7 Å². The number of fused-ring (bicyclic) bond motifs is 1. The largest absolute Gasteiger partial charge is 0.444 e. The summed E-state index contributed by atoms with van der Waals surface area (Å²) in [5.74, 6) is 0.738. The van der Waals surface area contributed by atoms with E-state index in [0.29, 0.717) is 49.4 Å². The Hall–Kier alpha value is -3.24. The summed E-state index contributed by atoms with van der Waals surface area (Å²) in [6, 6.07) is 3.30. The summed E-state index contributed by atoms with van der Waals surface area (Å²) in [6.45, 7) is 11.8. The number of carbonyl (C=O) groups excluding carboxylic acids is 2. The molecule has 198 valence electrons. The number of anilines is 1. The molecule has 3 aliphatic rings. The Kier molecular flexibility index (Phi) is 7.04. The van der Waals surface area contributed by atoms with Crippen LogP contribution in [0.4, 0.5) is 10.6 Å². The number of hydrogen-bond acceptors (Lipinski definition) is 8. The number of likely N-dealkylation sites (N-methyl/N-ethyl adjacent to an activating group) is 1. The number of piperazine rings is 1. The Balaban J connectivity index is 1.56. The first kappa shape index (κ1) is 25.4. The molecule has 0 radical (unpaired) electrons. The molecule has 10 heteroatoms. The van der Waals surface area contributed by atoms with Crippen LogP contribution in [0.3, 0.4) is 0 Å². The lowest BCUT2D eigenvalue weighted by atomic mass is 10.00. The zero-order chi connectivity index (χ0) is 26.2. The number of benzene rings is 1. The van der Waals surface area contributed by atoms with E-state index in [1.165, 1.54) is 0 Å². The van der Waals surface area contributed by atoms with E-state index >= 15 is 0 Å². The summed E-state index contributed by atoms with van der Waals surface area (Å²) in [4.78, 5) is 44.3. The van der Waals surface area contributed by atoms with Crippen LogP contribution in [0.25, 0.3) is 11.0 Å². The van der Waals surface area contributed by atoms with Crippen LogP contribution in [0, 0.1) is 0 Å². The highest BCUT2D eigenvalue weighted by molar-refractivity contribution is 5.98. The van der Waals surface area contributed by atoms with Gasteiger partial charge in [-0.1, -0.05) is 12.2 Å². The third-order valence-corrected chi connectivity index (χ3v) is 6.94. The van der Waals surface area contributed by atoms with Gasteiger partial charge in [0.05, 0.1) is 36.5 Å². The van der Waals surface area contributed by atoms with E-state index in [1.807, 2.05) is 50.0 Å². The lowest BCUT2D eigenvalue weighted by Crippen LogP contribution is -2.47. The van der Waals surface area contributed by atoms with Crippen LogP contribution in [0.1, 0.15) is 42.7 Å². The Morgan fingerprint density at radius 2 is 1.78 bits per heavy atom. The molecular formula is C27H36N6O4. The molecule has 10 nitrogen and oxygen atoms in total. The second-order valence-corrected chi connectivity index (χ2v) is 10.9. The van der Waals surface area contributed by atoms with Crippen LogP contribution >= 0.6 is 0 Å². The van der Waals surface area contributed by atoms with Crippen LogP contribution in [0.5, 0.6) is 0 Å². The van der Waals surface area contributed by atoms with Crippen LogP contribution in [-0.4, -0.2) is 108 Å². The second kappa shape index (κ2) is 10.3. The highest BCUT2D eigenvalue weighted by Gasteiger charge is 2.33. The van der Waals surface area contributed by atoms with E-state index in [4.69, 9.17) is 19.4 Å². The molecule has 1 atom stereocenters. The quantitative estimate of drug-likeness (QED) is 0.585. The summed E-state index contributed by atoms with van der Waals surface area (Å²) in [6.07, 6.45) is 5.29. The van der Waals surface area contributed by atoms with Gasteiger partial charge in [0, 0.05) is 56.9 Å². The lowest BCUT2D eigenvalue weighted by Gasteiger charge is -2.33. The maximum absolute atomic E-state index is 13.5. The Labute approximate surface area is 217 Å². The topological polar surface area (TPSA) is 91.3 Å². The van der Waals surface area contributed by atoms with Crippen LogP contribution in [0.2, 0.25) is 0 Å². The van der Waals surface area contributed by atoms with Crippen molar-refractivity contribution in [2.75, 3.05) is 71.0 Å². The molecule has 2 saturated heterocycles. The lowest BCUT2D eigenvalue weighted by molar-refractivity contribution is 0.0241. The zero-order valence-electron chi connectivity index (χ0n) is 22.1. The fourth-order valence-corrected chi connectivity index (χ4v) is 4.92. The molecule has 0 saturated carbocycles. The van der Waals surface area contributed by atoms with Crippen molar-refractivity contribution >= 4 is 28.9 Å². The molecule has 0 bridgehead atoms. The van der Waals surface area contributed by atoms with Gasteiger partial charge in [-0.05, 0) is 40.0 Å². The van der Waals surface area contributed by atoms with E-state index in [9.17, 15) is 9.59 Å². The average Bonchev–Trinajstić information content (AvgIpc) is 3.37. The standard InChI is InChI=1S/C27H36N6O4/c1-27(2,3)37-26(35)33-7-5-6-22(33)20-16-19(25(34)32-10-8-30(4)9-11-32)17-21-24(20)29-23(18-28-21)31-12-14-36-15-13-31/h5-6,16-18,22H,7-15H2,1-4H3. The third-order valence-electron chi connectivity index (χ3n) is 6.94. The predicted octanol–water partition coefficient (Wildman–Crippen LogP) is 2.70. The van der Waals surface area contributed by atoms with Crippen LogP contribution in [0.15, 0.2) is 30.5 Å². The highest BCUT2D eigenvalue weighted by Crippen LogP contribution is 2.34. The maximum Gasteiger partial charge on any atom is 0.411 e. The van der Waals surface area contributed by atoms with E-state index in [-0.39, 0.29) is 5.91 Å². The van der Waals surface area contributed by atoms with Crippen molar-refractivity contribution in [1.29, 1.82) is 0 Å². The molecule has 3 aliphatic heterocycles. The van der Waals surface area contributed by atoms with Gasteiger partial charge in [-0.2, -0.15) is 0 Å². The summed E-state index contributed by atoms with van der Waals surface area (Å²) in [5, 5.41) is 0. The first-order valence-electron chi connectivity index (χ1n) is 13.0. The van der Waals surface area contributed by atoms with E-state index < -0.39 is 17.7 Å². The first-order chi connectivity index (χ1) is 17.7. The van der Waals surface area contributed by atoms with Crippen molar-refractivity contribution in [2.45, 2.75) is 32.4 Å². The van der Waals surface area contributed by atoms with Gasteiger partial charge in [0.25, 0.3) is 5.91 Å². The van der Waals surface area contributed by atoms with Crippen LogP contribution in [-0.2, 0) is 9.47 Å². The average molecular weight is 509 g/mol. The Morgan fingerprint density at radius 3 is 2.49 bits per heavy atom. The molecule has 0 aliphatic carbocycles. The molecular weight excluding hydrogens is 472 g/mol. The molecule has 0 spiro atoms. The predicted molar refractivity (Wildman–Crippen MR) is 141 cm³/mol. The smallest absolute Gasteiger partial charge is 0.411 e. The van der Waals surface area contributed by atoms with Gasteiger partial charge in [0.1, 0.15) is 11.4 Å². The zero-order valence-corrected chi connectivity index (χ0v) is 22.1. The molecule has 37 heavy (non-hydrogen) atoms. The monoisotopic (exact) mass is 508 g/mol. The molecule has 0 N–H and O–H groups in total. The number of nitrogens with zero attached hydrogens (tertiary/aromatic N) is 6. The normalized spacial score (nSPS) is 21.1. The van der Waals surface area contributed by atoms with Crippen molar-refractivity contribution < 1.29 is 19.1 Å². The van der Waals surface area contributed by atoms with Gasteiger partial charge in [-0.15, -0.1) is 0 Å². The molecule has 1 aromatic heterocycles. The second-order valence-electron chi connectivity index (χ2n) is 10.9. The minimum Gasteiger partial charge on any atom is -0.444 e. The SMILES string of the molecule is CN1CCN(C(=O)c2cc(C3C=CCN3C(=O)OC(C)(C)C)c3nc(N4CCOCC4)cnc3c2)CC1. The minimum atomic E-state index is -0.616. The maximum atomic E-state index is 13.5. The molecule has 1 unspecified atom stereocenters. The molecule has 2 aromatic rings. The van der Waals surface area contributed by atoms with E-state index in [2.05, 4.69) is 16.8 Å². The molecule has 2 amide bonds. The van der Waals surface area contributed by atoms with Gasteiger partial charge in [-0.25, -0.2) is 9.78 Å². The van der Waals surface area contributed by atoms with E-state index in [0.717, 1.165) is 37.6 Å². The Morgan fingerprint density at radius 1 is 1.05 bits per heavy atom. The van der Waals surface area contributed by atoms with Crippen molar-refractivity contribution in [3.63, 3.8) is 0 Å². The van der Waals surface area contributed by atoms with Crippen molar-refractivity contribution in [3.8, 4) is 0 Å². The first-order valence-corrected chi connectivity index (χ1v) is 13.0. The number of amides is 2. The fourth-order valence-electron chi connectivity index (χ4n) is 4.92. The number of morpholine rings is 1.